The quantitative estimate of drug-likeness (QED) is 0.0425. The van der Waals surface area contributed by atoms with Gasteiger partial charge in [0, 0.05) is 24.7 Å². The Kier molecular flexibility index (Phi) is 18.6. The maximum absolute atomic E-state index is 13.7. The lowest BCUT2D eigenvalue weighted by atomic mass is 9.89. The zero-order valence-electron chi connectivity index (χ0n) is 42.0. The molecule has 4 aromatic carbocycles. The lowest BCUT2D eigenvalue weighted by Crippen LogP contribution is -2.60. The maximum atomic E-state index is 13.7. The van der Waals surface area contributed by atoms with E-state index in [0.29, 0.717) is 12.2 Å². The van der Waals surface area contributed by atoms with Crippen molar-refractivity contribution >= 4 is 77.1 Å². The molecule has 0 aromatic heterocycles. The largest absolute Gasteiger partial charge is 0.481 e. The van der Waals surface area contributed by atoms with Gasteiger partial charge in [-0.1, -0.05) is 142 Å². The number of aliphatic carboxylic acids is 3. The zero-order valence-corrected chi connectivity index (χ0v) is 43.0. The number of allylic oxidation sites excluding steroid dienone is 2. The van der Waals surface area contributed by atoms with Gasteiger partial charge in [0.25, 0.3) is 0 Å². The number of hydrogen-bond donors (Lipinski definition) is 11. The first-order chi connectivity index (χ1) is 35.6. The normalized spacial score (nSPS) is 15.9. The van der Waals surface area contributed by atoms with Gasteiger partial charge in [-0.15, -0.1) is 5.53 Å². The number of benzene rings is 4. The summed E-state index contributed by atoms with van der Waals surface area (Å²) < 4.78 is 0. The second kappa shape index (κ2) is 25.0. The van der Waals surface area contributed by atoms with Crippen LogP contribution in [0.15, 0.2) is 127 Å². The van der Waals surface area contributed by atoms with E-state index in [1.165, 1.54) is 40.9 Å². The molecule has 0 unspecified atom stereocenters. The number of primary amides is 1. The number of carbonyl (C=O) groups is 8. The lowest BCUT2D eigenvalue weighted by molar-refractivity contribution is -0.142. The predicted octanol–water partition coefficient (Wildman–Crippen LogP) is 3.29. The van der Waals surface area contributed by atoms with E-state index in [-0.39, 0.29) is 6.42 Å². The van der Waals surface area contributed by atoms with Gasteiger partial charge in [0.15, 0.2) is 0 Å². The SMILES string of the molecule is CC(C)[C@@H](NC(=O)[C@@H](CCC(=O)O)NC(=O)[C@H](N)CC(=O)O)C(=O)N[C@H](CC(=O)O)C(=O)N[C@H](CC1=CN(Cc2ccc(C3=C(c4ccccc4)C(c4ccccc4)=C(c4ccccc4)[Si]3(C)C)cc2)NN1)C(N)=O. The predicted molar refractivity (Wildman–Crippen MR) is 282 cm³/mol. The fourth-order valence-electron chi connectivity index (χ4n) is 9.21. The molecular formula is C54H63N9O11Si. The number of rotatable bonds is 25. The van der Waals surface area contributed by atoms with Crippen molar-refractivity contribution in [3.05, 3.63) is 155 Å². The Hall–Kier alpha value is -8.40. The topological polar surface area (TPSA) is 325 Å². The number of hydrogen-bond acceptors (Lipinski definition) is 12. The van der Waals surface area contributed by atoms with Crippen molar-refractivity contribution in [3.63, 3.8) is 0 Å². The molecule has 0 bridgehead atoms. The number of carboxylic acids is 3. The van der Waals surface area contributed by atoms with Crippen LogP contribution in [0.2, 0.25) is 13.1 Å². The van der Waals surface area contributed by atoms with Crippen molar-refractivity contribution in [3.8, 4) is 0 Å². The summed E-state index contributed by atoms with van der Waals surface area (Å²) in [6.07, 6.45) is -1.29. The van der Waals surface area contributed by atoms with E-state index in [1.807, 2.05) is 18.2 Å². The van der Waals surface area contributed by atoms with Gasteiger partial charge >= 0.3 is 17.9 Å². The number of hydrazine groups is 2. The van der Waals surface area contributed by atoms with Crippen LogP contribution in [0.3, 0.4) is 0 Å². The van der Waals surface area contributed by atoms with Crippen molar-refractivity contribution < 1.29 is 53.7 Å². The molecule has 0 aliphatic carbocycles. The molecule has 0 spiro atoms. The molecule has 5 atom stereocenters. The van der Waals surface area contributed by atoms with E-state index in [1.54, 1.807) is 11.2 Å². The fourth-order valence-corrected chi connectivity index (χ4v) is 13.0. The summed E-state index contributed by atoms with van der Waals surface area (Å²) in [5.74, 6) is -10.1. The highest BCUT2D eigenvalue weighted by Gasteiger charge is 2.44. The van der Waals surface area contributed by atoms with Crippen LogP contribution in [0, 0.1) is 5.92 Å². The molecule has 75 heavy (non-hydrogen) atoms. The molecule has 394 valence electrons. The van der Waals surface area contributed by atoms with E-state index in [4.69, 9.17) is 16.6 Å². The Morgan fingerprint density at radius 1 is 0.587 bits per heavy atom. The van der Waals surface area contributed by atoms with Gasteiger partial charge < -0.3 is 53.5 Å². The summed E-state index contributed by atoms with van der Waals surface area (Å²) in [5, 5.41) is 41.7. The first-order valence-corrected chi connectivity index (χ1v) is 27.3. The highest BCUT2D eigenvalue weighted by molar-refractivity contribution is 7.13. The molecule has 0 radical (unpaired) electrons. The van der Waals surface area contributed by atoms with Crippen LogP contribution >= 0.6 is 0 Å². The third kappa shape index (κ3) is 14.4. The summed E-state index contributed by atoms with van der Waals surface area (Å²) in [6.45, 7) is 8.22. The Morgan fingerprint density at radius 3 is 1.56 bits per heavy atom. The Morgan fingerprint density at radius 2 is 1.07 bits per heavy atom. The van der Waals surface area contributed by atoms with Gasteiger partial charge in [-0.25, -0.2) is 0 Å². The van der Waals surface area contributed by atoms with Crippen LogP contribution in [-0.2, 0) is 44.9 Å². The van der Waals surface area contributed by atoms with Gasteiger partial charge in [0.1, 0.15) is 32.2 Å². The van der Waals surface area contributed by atoms with Crippen molar-refractivity contribution in [2.75, 3.05) is 0 Å². The monoisotopic (exact) mass is 1040 g/mol. The smallest absolute Gasteiger partial charge is 0.305 e. The first kappa shape index (κ1) is 55.9. The summed E-state index contributed by atoms with van der Waals surface area (Å²) in [4.78, 5) is 100. The molecule has 4 aromatic rings. The first-order valence-electron chi connectivity index (χ1n) is 24.3. The molecule has 5 amide bonds. The lowest BCUT2D eigenvalue weighted by Gasteiger charge is -2.27. The minimum absolute atomic E-state index is 0.169. The van der Waals surface area contributed by atoms with Crippen molar-refractivity contribution in [1.29, 1.82) is 0 Å². The number of nitrogens with zero attached hydrogens (tertiary/aromatic N) is 1. The Bertz CT molecular complexity index is 2880. The average molecular weight is 1040 g/mol. The second-order valence-electron chi connectivity index (χ2n) is 19.2. The molecular weight excluding hydrogens is 979 g/mol. The third-order valence-corrected chi connectivity index (χ3v) is 16.4. The minimum atomic E-state index is -2.39. The van der Waals surface area contributed by atoms with Gasteiger partial charge in [-0.05, 0) is 61.7 Å². The molecule has 13 N–H and O–H groups in total. The molecule has 2 aliphatic rings. The number of carbonyl (C=O) groups excluding carboxylic acids is 5. The van der Waals surface area contributed by atoms with Gasteiger partial charge in [-0.2, -0.15) is 0 Å². The average Bonchev–Trinajstić information content (AvgIpc) is 3.92. The number of nitrogens with two attached hydrogens (primary N) is 2. The molecule has 20 nitrogen and oxygen atoms in total. The van der Waals surface area contributed by atoms with Crippen LogP contribution < -0.4 is 43.7 Å². The molecule has 0 saturated carbocycles. The number of amides is 5. The van der Waals surface area contributed by atoms with E-state index in [2.05, 4.69) is 142 Å². The van der Waals surface area contributed by atoms with Crippen LogP contribution in [0.1, 0.15) is 73.8 Å². The standard InChI is InChI=1S/C54H63N9O11Si/c1-31(2)47(60-52(72)39(24-25-42(64)65)57-51(71)38(55)27-43(66)67)54(74)59-41(28-44(68)69)53(73)58-40(50(56)70)26-37-30-63(62-61-37)29-32-20-22-36(23-21-32)49-46(34-16-10-6-11-17-34)45(33-14-8-5-9-15-33)48(75(49,3)4)35-18-12-7-13-19-35/h5-23,30-31,38-41,47,61-62H,24-29,55H2,1-4H3,(H2,56,70)(H,57,71)(H,58,73)(H,59,74)(H,60,72)(H,64,65)(H,66,67)(H,68,69)/t38-,39-,40-,41-,47-/m1/s1. The summed E-state index contributed by atoms with van der Waals surface area (Å²) in [5.41, 5.74) is 25.8. The summed E-state index contributed by atoms with van der Waals surface area (Å²) in [6, 6.07) is 32.2. The Labute approximate surface area is 434 Å². The van der Waals surface area contributed by atoms with Gasteiger partial charge in [-0.3, -0.25) is 43.4 Å². The highest BCUT2D eigenvalue weighted by Crippen LogP contribution is 2.55. The second-order valence-corrected chi connectivity index (χ2v) is 23.4. The molecule has 2 heterocycles. The minimum Gasteiger partial charge on any atom is -0.481 e. The van der Waals surface area contributed by atoms with E-state index >= 15 is 0 Å². The van der Waals surface area contributed by atoms with E-state index in [9.17, 15) is 48.6 Å². The van der Waals surface area contributed by atoms with Gasteiger partial charge in [0.05, 0.1) is 25.4 Å². The highest BCUT2D eigenvalue weighted by atomic mass is 28.3. The summed E-state index contributed by atoms with van der Waals surface area (Å²) in [7, 11) is -2.39. The molecule has 0 fully saturated rings. The van der Waals surface area contributed by atoms with E-state index in [0.717, 1.165) is 22.3 Å². The van der Waals surface area contributed by atoms with Gasteiger partial charge in [0.2, 0.25) is 29.5 Å². The third-order valence-electron chi connectivity index (χ3n) is 12.8. The maximum Gasteiger partial charge on any atom is 0.305 e. The fraction of sp³-hybridized carbons (Fsp3) is 0.296. The van der Waals surface area contributed by atoms with Crippen LogP contribution in [0.5, 0.6) is 0 Å². The summed E-state index contributed by atoms with van der Waals surface area (Å²) >= 11 is 0. The van der Waals surface area contributed by atoms with Crippen molar-refractivity contribution in [2.45, 2.75) is 95.8 Å². The van der Waals surface area contributed by atoms with Crippen LogP contribution in [-0.4, -0.2) is 106 Å². The van der Waals surface area contributed by atoms with Crippen LogP contribution in [0.25, 0.3) is 21.5 Å². The number of nitrogens with one attached hydrogen (secondary N) is 6. The molecule has 6 rings (SSSR count). The Balaban J connectivity index is 1.15. The number of carboxylic acid groups (broad SMARTS) is 3. The van der Waals surface area contributed by atoms with Crippen LogP contribution in [0.4, 0.5) is 0 Å². The van der Waals surface area contributed by atoms with E-state index < -0.39 is 117 Å². The molecule has 0 saturated heterocycles. The molecule has 2 aliphatic heterocycles. The molecule has 21 heteroatoms. The zero-order chi connectivity index (χ0) is 54.6. The van der Waals surface area contributed by atoms with Crippen molar-refractivity contribution in [2.24, 2.45) is 17.4 Å². The van der Waals surface area contributed by atoms with Crippen molar-refractivity contribution in [1.82, 2.24) is 37.2 Å².